The third kappa shape index (κ3) is 5.66. The molecule has 1 saturated heterocycles. The number of nitrogens with one attached hydrogen (secondary N) is 2. The second kappa shape index (κ2) is 10.00. The van der Waals surface area contributed by atoms with Crippen molar-refractivity contribution in [2.45, 2.75) is 25.3 Å². The number of benzene rings is 1. The minimum atomic E-state index is -0.00933. The molecule has 9 heteroatoms. The number of guanidine groups is 1. The Bertz CT molecular complexity index is 817. The molecule has 168 valence electrons. The summed E-state index contributed by atoms with van der Waals surface area (Å²) in [6.45, 7) is 5.30. The van der Waals surface area contributed by atoms with Crippen molar-refractivity contribution in [3.05, 3.63) is 24.3 Å². The second-order valence-electron chi connectivity index (χ2n) is 8.23. The summed E-state index contributed by atoms with van der Waals surface area (Å²) in [7, 11) is 1.79. The van der Waals surface area contributed by atoms with E-state index in [9.17, 15) is 9.59 Å². The van der Waals surface area contributed by atoms with Crippen LogP contribution in [0, 0.1) is 0 Å². The predicted molar refractivity (Wildman–Crippen MR) is 119 cm³/mol. The second-order valence-corrected chi connectivity index (χ2v) is 8.23. The Morgan fingerprint density at radius 1 is 1.19 bits per heavy atom. The van der Waals surface area contributed by atoms with E-state index in [1.54, 1.807) is 11.9 Å². The van der Waals surface area contributed by atoms with Crippen molar-refractivity contribution >= 4 is 23.5 Å². The number of carbonyl (C=O) groups excluding carboxylic acids is 2. The zero-order valence-corrected chi connectivity index (χ0v) is 18.2. The van der Waals surface area contributed by atoms with E-state index in [1.807, 2.05) is 24.3 Å². The molecule has 2 N–H and O–H groups in total. The number of aliphatic imine (C=N–C) groups is 1. The highest BCUT2D eigenvalue weighted by molar-refractivity contribution is 5.97. The van der Waals surface area contributed by atoms with Gasteiger partial charge in [0.25, 0.3) is 5.91 Å². The molecule has 2 amide bonds. The number of hydrogen-bond donors (Lipinski definition) is 2. The molecule has 31 heavy (non-hydrogen) atoms. The summed E-state index contributed by atoms with van der Waals surface area (Å²) in [5, 5.41) is 6.47. The van der Waals surface area contributed by atoms with E-state index in [0.717, 1.165) is 69.4 Å². The first kappa shape index (κ1) is 21.4. The lowest BCUT2D eigenvalue weighted by Gasteiger charge is -2.36. The quantitative estimate of drug-likeness (QED) is 0.368. The summed E-state index contributed by atoms with van der Waals surface area (Å²) in [5.74, 6) is 1.76. The maximum atomic E-state index is 12.3. The number of piperazine rings is 1. The van der Waals surface area contributed by atoms with Gasteiger partial charge in [-0.15, -0.1) is 0 Å². The van der Waals surface area contributed by atoms with Gasteiger partial charge in [0.1, 0.15) is 5.75 Å². The third-order valence-corrected chi connectivity index (χ3v) is 5.84. The molecule has 0 aromatic heterocycles. The first-order valence-corrected chi connectivity index (χ1v) is 11.1. The zero-order chi connectivity index (χ0) is 21.6. The maximum absolute atomic E-state index is 12.3. The van der Waals surface area contributed by atoms with Crippen molar-refractivity contribution in [3.8, 4) is 5.75 Å². The molecule has 0 radical (unpaired) electrons. The van der Waals surface area contributed by atoms with E-state index in [0.29, 0.717) is 19.1 Å². The Balaban J connectivity index is 1.18. The molecule has 1 aromatic rings. The molecular formula is C22H32N6O3. The molecule has 2 heterocycles. The van der Waals surface area contributed by atoms with Crippen molar-refractivity contribution in [1.29, 1.82) is 0 Å². The van der Waals surface area contributed by atoms with Gasteiger partial charge in [-0.25, -0.2) is 0 Å². The first-order valence-electron chi connectivity index (χ1n) is 11.1. The zero-order valence-electron chi connectivity index (χ0n) is 18.2. The van der Waals surface area contributed by atoms with Crippen LogP contribution in [0.3, 0.4) is 0 Å². The van der Waals surface area contributed by atoms with E-state index in [-0.39, 0.29) is 18.4 Å². The molecule has 3 aliphatic rings. The van der Waals surface area contributed by atoms with Gasteiger partial charge in [0, 0.05) is 52.4 Å². The number of carbonyl (C=O) groups is 2. The Morgan fingerprint density at radius 3 is 2.71 bits per heavy atom. The summed E-state index contributed by atoms with van der Waals surface area (Å²) in [4.78, 5) is 34.9. The van der Waals surface area contributed by atoms with Crippen molar-refractivity contribution in [1.82, 2.24) is 20.4 Å². The summed E-state index contributed by atoms with van der Waals surface area (Å²) in [6, 6.07) is 8.06. The molecule has 9 nitrogen and oxygen atoms in total. The molecule has 0 unspecified atom stereocenters. The normalized spacial score (nSPS) is 19.6. The summed E-state index contributed by atoms with van der Waals surface area (Å²) in [5.41, 5.74) is 0.838. The topological polar surface area (TPSA) is 89.5 Å². The van der Waals surface area contributed by atoms with E-state index >= 15 is 0 Å². The van der Waals surface area contributed by atoms with Crippen LogP contribution in [0.1, 0.15) is 19.3 Å². The number of amides is 2. The van der Waals surface area contributed by atoms with Crippen LogP contribution < -0.4 is 20.3 Å². The van der Waals surface area contributed by atoms with E-state index in [2.05, 4.69) is 25.4 Å². The molecule has 0 bridgehead atoms. The van der Waals surface area contributed by atoms with Crippen LogP contribution in [0.25, 0.3) is 0 Å². The molecule has 2 aliphatic heterocycles. The average molecular weight is 429 g/mol. The molecule has 1 aromatic carbocycles. The van der Waals surface area contributed by atoms with Gasteiger partial charge in [-0.3, -0.25) is 19.5 Å². The van der Waals surface area contributed by atoms with Crippen LogP contribution in [0.4, 0.5) is 5.69 Å². The van der Waals surface area contributed by atoms with Crippen LogP contribution >= 0.6 is 0 Å². The highest BCUT2D eigenvalue weighted by Crippen LogP contribution is 2.31. The molecule has 1 saturated carbocycles. The fraction of sp³-hybridized carbons (Fsp3) is 0.591. The average Bonchev–Trinajstić information content (AvgIpc) is 3.59. The Hall–Kier alpha value is -2.81. The fourth-order valence-electron chi connectivity index (χ4n) is 3.99. The summed E-state index contributed by atoms with van der Waals surface area (Å²) >= 11 is 0. The van der Waals surface area contributed by atoms with Gasteiger partial charge in [0.2, 0.25) is 5.91 Å². The number of rotatable bonds is 7. The molecule has 4 rings (SSSR count). The number of para-hydroxylation sites is 2. The van der Waals surface area contributed by atoms with Gasteiger partial charge < -0.3 is 25.2 Å². The van der Waals surface area contributed by atoms with Gasteiger partial charge in [-0.1, -0.05) is 12.1 Å². The summed E-state index contributed by atoms with van der Waals surface area (Å²) < 4.78 is 5.50. The highest BCUT2D eigenvalue weighted by Gasteiger charge is 2.26. The molecule has 0 atom stereocenters. The summed E-state index contributed by atoms with van der Waals surface area (Å²) in [6.07, 6.45) is 3.04. The van der Waals surface area contributed by atoms with Crippen molar-refractivity contribution in [2.75, 3.05) is 64.4 Å². The van der Waals surface area contributed by atoms with Crippen molar-refractivity contribution in [3.63, 3.8) is 0 Å². The van der Waals surface area contributed by atoms with Gasteiger partial charge in [0.05, 0.1) is 12.2 Å². The van der Waals surface area contributed by atoms with Gasteiger partial charge in [0.15, 0.2) is 12.6 Å². The van der Waals surface area contributed by atoms with Crippen LogP contribution in [0.15, 0.2) is 29.3 Å². The molecular weight excluding hydrogens is 396 g/mol. The SMILES string of the molecule is CN=C(NCCCN1C(=O)COc2ccccc21)N1CCN(CC(=O)NC2CC2)CC1. The van der Waals surface area contributed by atoms with Crippen molar-refractivity contribution < 1.29 is 14.3 Å². The lowest BCUT2D eigenvalue weighted by molar-refractivity contribution is -0.123. The first-order chi connectivity index (χ1) is 15.1. The highest BCUT2D eigenvalue weighted by atomic mass is 16.5. The van der Waals surface area contributed by atoms with Gasteiger partial charge in [-0.05, 0) is 31.4 Å². The van der Waals surface area contributed by atoms with E-state index in [1.165, 1.54) is 0 Å². The maximum Gasteiger partial charge on any atom is 0.265 e. The van der Waals surface area contributed by atoms with Crippen LogP contribution in [-0.4, -0.2) is 93.1 Å². The standard InChI is InChI=1S/C22H32N6O3/c1-23-22(27-13-11-26(12-14-27)15-20(29)25-17-7-8-17)24-9-4-10-28-18-5-2-3-6-19(18)31-16-21(28)30/h2-3,5-6,17H,4,7-16H2,1H3,(H,23,24)(H,25,29). The Labute approximate surface area is 183 Å². The Morgan fingerprint density at radius 2 is 1.97 bits per heavy atom. The van der Waals surface area contributed by atoms with Crippen LogP contribution in [0.5, 0.6) is 5.75 Å². The molecule has 1 aliphatic carbocycles. The third-order valence-electron chi connectivity index (χ3n) is 5.84. The predicted octanol–water partition coefficient (Wildman–Crippen LogP) is 0.274. The lowest BCUT2D eigenvalue weighted by atomic mass is 10.2. The Kier molecular flexibility index (Phi) is 6.91. The number of anilines is 1. The van der Waals surface area contributed by atoms with Gasteiger partial charge in [-0.2, -0.15) is 0 Å². The number of fused-ring (bicyclic) bond motifs is 1. The number of nitrogens with zero attached hydrogens (tertiary/aromatic N) is 4. The van der Waals surface area contributed by atoms with E-state index < -0.39 is 0 Å². The number of ether oxygens (including phenoxy) is 1. The lowest BCUT2D eigenvalue weighted by Crippen LogP contribution is -2.54. The minimum Gasteiger partial charge on any atom is -0.482 e. The van der Waals surface area contributed by atoms with Crippen LogP contribution in [-0.2, 0) is 9.59 Å². The monoisotopic (exact) mass is 428 g/mol. The molecule has 0 spiro atoms. The van der Waals surface area contributed by atoms with Gasteiger partial charge >= 0.3 is 0 Å². The molecule has 2 fully saturated rings. The minimum absolute atomic E-state index is 0.00933. The van der Waals surface area contributed by atoms with Crippen molar-refractivity contribution in [2.24, 2.45) is 4.99 Å². The number of hydrogen-bond acceptors (Lipinski definition) is 5. The van der Waals surface area contributed by atoms with Crippen LogP contribution in [0.2, 0.25) is 0 Å². The smallest absolute Gasteiger partial charge is 0.265 e. The fourth-order valence-corrected chi connectivity index (χ4v) is 3.99. The van der Waals surface area contributed by atoms with E-state index in [4.69, 9.17) is 4.74 Å². The largest absolute Gasteiger partial charge is 0.482 e.